The summed E-state index contributed by atoms with van der Waals surface area (Å²) in [5.41, 5.74) is 4.28. The highest BCUT2D eigenvalue weighted by atomic mass is 79.9. The number of hydrogen-bond acceptors (Lipinski definition) is 5. The van der Waals surface area contributed by atoms with E-state index in [1.165, 1.54) is 0 Å². The van der Waals surface area contributed by atoms with Crippen LogP contribution in [0.3, 0.4) is 0 Å². The Kier molecular flexibility index (Phi) is 4.87. The van der Waals surface area contributed by atoms with Crippen LogP contribution in [0, 0.1) is 0 Å². The van der Waals surface area contributed by atoms with Gasteiger partial charge in [-0.15, -0.1) is 0 Å². The van der Waals surface area contributed by atoms with Gasteiger partial charge in [-0.3, -0.25) is 0 Å². The van der Waals surface area contributed by atoms with Crippen molar-refractivity contribution in [1.82, 2.24) is 5.01 Å². The Labute approximate surface area is 184 Å². The zero-order valence-electron chi connectivity index (χ0n) is 16.7. The lowest BCUT2D eigenvalue weighted by molar-refractivity contribution is -0.0191. The molecular weight excluding hydrogens is 444 g/mol. The number of rotatable bonds is 4. The monoisotopic (exact) mass is 464 g/mol. The number of ether oxygens (including phenoxy) is 3. The van der Waals surface area contributed by atoms with Crippen molar-refractivity contribution in [1.29, 1.82) is 0 Å². The first-order valence-corrected chi connectivity index (χ1v) is 10.6. The molecule has 2 aliphatic heterocycles. The van der Waals surface area contributed by atoms with Gasteiger partial charge in [-0.2, -0.15) is 5.10 Å². The van der Waals surface area contributed by atoms with Crippen molar-refractivity contribution >= 4 is 21.6 Å². The molecule has 0 saturated heterocycles. The summed E-state index contributed by atoms with van der Waals surface area (Å²) in [4.78, 5) is 0. The zero-order valence-corrected chi connectivity index (χ0v) is 18.3. The van der Waals surface area contributed by atoms with Crippen molar-refractivity contribution in [2.75, 3.05) is 14.2 Å². The summed E-state index contributed by atoms with van der Waals surface area (Å²) in [6, 6.07) is 22.4. The number of methoxy groups -OCH3 is 2. The van der Waals surface area contributed by atoms with Gasteiger partial charge < -0.3 is 14.2 Å². The van der Waals surface area contributed by atoms with Crippen LogP contribution in [0.5, 0.6) is 17.2 Å². The molecular formula is C24H21BrN2O3. The number of hydrogen-bond donors (Lipinski definition) is 0. The van der Waals surface area contributed by atoms with Crippen LogP contribution in [0.1, 0.15) is 35.4 Å². The Morgan fingerprint density at radius 2 is 1.80 bits per heavy atom. The largest absolute Gasteiger partial charge is 0.493 e. The molecule has 30 heavy (non-hydrogen) atoms. The van der Waals surface area contributed by atoms with Gasteiger partial charge in [0.25, 0.3) is 0 Å². The van der Waals surface area contributed by atoms with Crippen molar-refractivity contribution in [3.05, 3.63) is 87.9 Å². The molecule has 0 saturated carbocycles. The first kappa shape index (κ1) is 19.0. The molecule has 2 heterocycles. The molecule has 0 bridgehead atoms. The number of para-hydroxylation sites is 1. The molecule has 0 radical (unpaired) electrons. The molecule has 0 spiro atoms. The van der Waals surface area contributed by atoms with E-state index in [4.69, 9.17) is 19.3 Å². The number of nitrogens with zero attached hydrogens (tertiary/aromatic N) is 2. The van der Waals surface area contributed by atoms with Gasteiger partial charge in [0.05, 0.1) is 26.0 Å². The van der Waals surface area contributed by atoms with Crippen molar-refractivity contribution in [2.24, 2.45) is 5.10 Å². The second-order valence-corrected chi connectivity index (χ2v) is 8.20. The minimum atomic E-state index is -0.352. The normalized spacial score (nSPS) is 19.4. The topological polar surface area (TPSA) is 43.3 Å². The number of hydrazone groups is 1. The molecule has 5 nitrogen and oxygen atoms in total. The number of halogens is 1. The van der Waals surface area contributed by atoms with Gasteiger partial charge in [-0.1, -0.05) is 46.3 Å². The summed E-state index contributed by atoms with van der Waals surface area (Å²) in [6.07, 6.45) is 0.468. The predicted molar refractivity (Wildman–Crippen MR) is 119 cm³/mol. The fraction of sp³-hybridized carbons (Fsp3) is 0.208. The van der Waals surface area contributed by atoms with E-state index in [9.17, 15) is 0 Å². The van der Waals surface area contributed by atoms with Crippen molar-refractivity contribution in [3.63, 3.8) is 0 Å². The first-order valence-electron chi connectivity index (χ1n) is 9.77. The summed E-state index contributed by atoms with van der Waals surface area (Å²) >= 11 is 3.57. The van der Waals surface area contributed by atoms with Crippen LogP contribution in [0.4, 0.5) is 0 Å². The van der Waals surface area contributed by atoms with E-state index in [2.05, 4.69) is 39.1 Å². The van der Waals surface area contributed by atoms with Crippen LogP contribution in [-0.2, 0) is 0 Å². The van der Waals surface area contributed by atoms with E-state index in [0.717, 1.165) is 39.0 Å². The Morgan fingerprint density at radius 1 is 0.967 bits per heavy atom. The summed E-state index contributed by atoms with van der Waals surface area (Å²) in [5.74, 6) is 2.25. The molecule has 3 aromatic carbocycles. The zero-order chi connectivity index (χ0) is 20.7. The lowest BCUT2D eigenvalue weighted by Crippen LogP contribution is -2.33. The van der Waals surface area contributed by atoms with Gasteiger partial charge in [0, 0.05) is 22.0 Å². The van der Waals surface area contributed by atoms with E-state index in [1.807, 2.05) is 48.5 Å². The fourth-order valence-electron chi connectivity index (χ4n) is 4.10. The maximum absolute atomic E-state index is 6.43. The van der Waals surface area contributed by atoms with Crippen molar-refractivity contribution < 1.29 is 14.2 Å². The van der Waals surface area contributed by atoms with E-state index in [0.29, 0.717) is 11.5 Å². The molecule has 6 heteroatoms. The summed E-state index contributed by atoms with van der Waals surface area (Å²) in [7, 11) is 3.27. The Bertz CT molecular complexity index is 1130. The lowest BCUT2D eigenvalue weighted by atomic mass is 9.96. The van der Waals surface area contributed by atoms with Crippen LogP contribution in [-0.4, -0.2) is 24.9 Å². The third kappa shape index (κ3) is 3.21. The van der Waals surface area contributed by atoms with Crippen molar-refractivity contribution in [2.45, 2.75) is 18.7 Å². The molecule has 0 fully saturated rings. The molecule has 0 aliphatic carbocycles. The second kappa shape index (κ2) is 7.69. The molecule has 152 valence electrons. The molecule has 0 amide bonds. The second-order valence-electron chi connectivity index (χ2n) is 7.28. The Balaban J connectivity index is 1.59. The van der Waals surface area contributed by atoms with E-state index >= 15 is 0 Å². The molecule has 2 atom stereocenters. The maximum Gasteiger partial charge on any atom is 0.214 e. The fourth-order valence-corrected chi connectivity index (χ4v) is 4.50. The highest BCUT2D eigenvalue weighted by Crippen LogP contribution is 2.48. The van der Waals surface area contributed by atoms with Gasteiger partial charge >= 0.3 is 0 Å². The summed E-state index contributed by atoms with van der Waals surface area (Å²) in [6.45, 7) is 0. The van der Waals surface area contributed by atoms with Crippen molar-refractivity contribution in [3.8, 4) is 17.2 Å². The predicted octanol–water partition coefficient (Wildman–Crippen LogP) is 5.71. The van der Waals surface area contributed by atoms with Gasteiger partial charge in [0.2, 0.25) is 6.23 Å². The van der Waals surface area contributed by atoms with Gasteiger partial charge in [-0.05, 0) is 42.0 Å². The molecule has 0 aromatic heterocycles. The SMILES string of the molecule is COc1ccc([C@@H]2Oc3ccccc3[C@@H]3CC(c4cccc(Br)c4)=NN32)cc1OC. The van der Waals surface area contributed by atoms with Crippen LogP contribution < -0.4 is 14.2 Å². The molecule has 0 unspecified atom stereocenters. The average molecular weight is 465 g/mol. The number of fused-ring (bicyclic) bond motifs is 3. The first-order chi connectivity index (χ1) is 14.7. The van der Waals surface area contributed by atoms with Crippen LogP contribution in [0.2, 0.25) is 0 Å². The summed E-state index contributed by atoms with van der Waals surface area (Å²) in [5, 5.41) is 7.08. The highest BCUT2D eigenvalue weighted by Gasteiger charge is 2.41. The van der Waals surface area contributed by atoms with E-state index in [-0.39, 0.29) is 12.3 Å². The standard InChI is InChI=1S/C24H21BrN2O3/c1-28-22-11-10-16(13-23(22)29-2)24-27-20(18-8-3-4-9-21(18)30-24)14-19(26-27)15-6-5-7-17(25)12-15/h3-13,20,24H,14H2,1-2H3/t20-,24-/m0/s1. The molecule has 5 rings (SSSR count). The summed E-state index contributed by atoms with van der Waals surface area (Å²) < 4.78 is 18.4. The lowest BCUT2D eigenvalue weighted by Gasteiger charge is -2.38. The van der Waals surface area contributed by atoms with Gasteiger partial charge in [-0.25, -0.2) is 5.01 Å². The smallest absolute Gasteiger partial charge is 0.214 e. The van der Waals surface area contributed by atoms with Crippen LogP contribution in [0.15, 0.2) is 76.3 Å². The minimum Gasteiger partial charge on any atom is -0.493 e. The Morgan fingerprint density at radius 3 is 2.60 bits per heavy atom. The van der Waals surface area contributed by atoms with E-state index in [1.54, 1.807) is 14.2 Å². The molecule has 3 aromatic rings. The average Bonchev–Trinajstić information content (AvgIpc) is 3.24. The van der Waals surface area contributed by atoms with Crippen LogP contribution in [0.25, 0.3) is 0 Å². The maximum atomic E-state index is 6.43. The van der Waals surface area contributed by atoms with Gasteiger partial charge in [0.1, 0.15) is 5.75 Å². The van der Waals surface area contributed by atoms with Gasteiger partial charge in [0.15, 0.2) is 11.5 Å². The Hall–Kier alpha value is -2.99. The minimum absolute atomic E-state index is 0.113. The molecule has 2 aliphatic rings. The van der Waals surface area contributed by atoms with Crippen LogP contribution >= 0.6 is 15.9 Å². The van der Waals surface area contributed by atoms with E-state index < -0.39 is 0 Å². The quantitative estimate of drug-likeness (QED) is 0.495. The number of benzene rings is 3. The highest BCUT2D eigenvalue weighted by molar-refractivity contribution is 9.10. The third-order valence-corrected chi connectivity index (χ3v) is 6.04. The third-order valence-electron chi connectivity index (χ3n) is 5.55. The molecule has 0 N–H and O–H groups in total.